The Hall–Kier alpha value is -2.34. The number of fused-ring (bicyclic) bond motifs is 3. The first-order chi connectivity index (χ1) is 11.4. The maximum Gasteiger partial charge on any atom is 0.264 e. The second-order valence-electron chi connectivity index (χ2n) is 5.91. The van der Waals surface area contributed by atoms with Gasteiger partial charge in [-0.3, -0.25) is 9.10 Å². The van der Waals surface area contributed by atoms with E-state index in [1.54, 1.807) is 37.4 Å². The van der Waals surface area contributed by atoms with Crippen molar-refractivity contribution in [2.24, 2.45) is 0 Å². The molecular weight excluding hydrogens is 324 g/mol. The number of aryl methyl sites for hydroxylation is 1. The van der Waals surface area contributed by atoms with Gasteiger partial charge < -0.3 is 5.32 Å². The topological polar surface area (TPSA) is 66.5 Å². The molecule has 1 aliphatic rings. The molecule has 126 valence electrons. The van der Waals surface area contributed by atoms with E-state index >= 15 is 0 Å². The molecule has 1 amide bonds. The van der Waals surface area contributed by atoms with Crippen molar-refractivity contribution >= 4 is 21.6 Å². The van der Waals surface area contributed by atoms with Crippen molar-refractivity contribution in [2.75, 3.05) is 17.9 Å². The van der Waals surface area contributed by atoms with E-state index in [4.69, 9.17) is 0 Å². The Kier molecular flexibility index (Phi) is 4.09. The summed E-state index contributed by atoms with van der Waals surface area (Å²) >= 11 is 0. The molecule has 0 radical (unpaired) electrons. The fourth-order valence-corrected chi connectivity index (χ4v) is 4.54. The summed E-state index contributed by atoms with van der Waals surface area (Å²) in [7, 11) is -2.02. The van der Waals surface area contributed by atoms with E-state index in [1.165, 1.54) is 4.31 Å². The van der Waals surface area contributed by atoms with E-state index in [1.807, 2.05) is 19.9 Å². The first kappa shape index (κ1) is 16.5. The van der Waals surface area contributed by atoms with Crippen LogP contribution in [0.25, 0.3) is 11.1 Å². The van der Waals surface area contributed by atoms with Crippen LogP contribution >= 0.6 is 0 Å². The number of carbonyl (C=O) groups excluding carboxylic acids is 1. The number of carbonyl (C=O) groups is 1. The predicted molar refractivity (Wildman–Crippen MR) is 94.8 cm³/mol. The maximum absolute atomic E-state index is 12.7. The van der Waals surface area contributed by atoms with Gasteiger partial charge in [-0.05, 0) is 37.1 Å². The fraction of sp³-hybridized carbons (Fsp3) is 0.278. The second-order valence-corrected chi connectivity index (χ2v) is 7.85. The highest BCUT2D eigenvalue weighted by Crippen LogP contribution is 2.44. The van der Waals surface area contributed by atoms with Gasteiger partial charge >= 0.3 is 0 Å². The Morgan fingerprint density at radius 1 is 1.17 bits per heavy atom. The molecule has 0 atom stereocenters. The third-order valence-corrected chi connectivity index (χ3v) is 6.04. The van der Waals surface area contributed by atoms with Gasteiger partial charge in [0.05, 0.1) is 10.6 Å². The molecule has 0 saturated heterocycles. The fourth-order valence-electron chi connectivity index (χ4n) is 3.06. The molecule has 1 N–H and O–H groups in total. The van der Waals surface area contributed by atoms with E-state index in [0.717, 1.165) is 17.5 Å². The van der Waals surface area contributed by atoms with Crippen LogP contribution in [0.15, 0.2) is 41.3 Å². The Morgan fingerprint density at radius 2 is 1.88 bits per heavy atom. The minimum atomic E-state index is -3.57. The zero-order chi connectivity index (χ0) is 17.5. The van der Waals surface area contributed by atoms with Gasteiger partial charge in [-0.25, -0.2) is 8.42 Å². The quantitative estimate of drug-likeness (QED) is 0.931. The Balaban J connectivity index is 2.23. The Morgan fingerprint density at radius 3 is 2.58 bits per heavy atom. The lowest BCUT2D eigenvalue weighted by atomic mass is 9.96. The molecule has 1 aliphatic heterocycles. The molecule has 0 spiro atoms. The van der Waals surface area contributed by atoms with Gasteiger partial charge in [0.15, 0.2) is 0 Å². The van der Waals surface area contributed by atoms with Gasteiger partial charge in [-0.15, -0.1) is 0 Å². The van der Waals surface area contributed by atoms with Gasteiger partial charge in [0.2, 0.25) is 0 Å². The van der Waals surface area contributed by atoms with E-state index in [0.29, 0.717) is 23.4 Å². The average molecular weight is 344 g/mol. The van der Waals surface area contributed by atoms with Crippen LogP contribution in [0.2, 0.25) is 0 Å². The lowest BCUT2D eigenvalue weighted by Gasteiger charge is -2.31. The van der Waals surface area contributed by atoms with Gasteiger partial charge in [0, 0.05) is 30.3 Å². The van der Waals surface area contributed by atoms with Crippen LogP contribution < -0.4 is 9.62 Å². The number of rotatable bonds is 3. The molecule has 0 aliphatic carbocycles. The maximum atomic E-state index is 12.7. The van der Waals surface area contributed by atoms with Crippen molar-refractivity contribution < 1.29 is 13.2 Å². The lowest BCUT2D eigenvalue weighted by Crippen LogP contribution is -2.31. The summed E-state index contributed by atoms with van der Waals surface area (Å²) < 4.78 is 26.8. The van der Waals surface area contributed by atoms with Gasteiger partial charge in [0.1, 0.15) is 0 Å². The van der Waals surface area contributed by atoms with Crippen molar-refractivity contribution in [3.05, 3.63) is 47.5 Å². The first-order valence-corrected chi connectivity index (χ1v) is 9.33. The number of nitrogens with zero attached hydrogens (tertiary/aromatic N) is 1. The third kappa shape index (κ3) is 2.47. The largest absolute Gasteiger partial charge is 0.352 e. The lowest BCUT2D eigenvalue weighted by molar-refractivity contribution is 0.0953. The third-order valence-electron chi connectivity index (χ3n) is 4.23. The summed E-state index contributed by atoms with van der Waals surface area (Å²) in [5.41, 5.74) is 3.33. The standard InChI is InChI=1S/C18H20N2O3S/c1-4-9-19-18(21)13-10-12(2)17-15(11-13)14-7-5-6-8-16(14)24(22,23)20(17)3/h5-8,10-11H,4,9H2,1-3H3,(H,19,21). The molecule has 3 rings (SSSR count). The minimum absolute atomic E-state index is 0.142. The van der Waals surface area contributed by atoms with Crippen LogP contribution in [-0.4, -0.2) is 27.9 Å². The molecule has 1 heterocycles. The van der Waals surface area contributed by atoms with Crippen LogP contribution in [0.3, 0.4) is 0 Å². The van der Waals surface area contributed by atoms with Crippen molar-refractivity contribution in [3.8, 4) is 11.1 Å². The summed E-state index contributed by atoms with van der Waals surface area (Å²) in [4.78, 5) is 12.6. The monoisotopic (exact) mass is 344 g/mol. The zero-order valence-electron chi connectivity index (χ0n) is 14.0. The van der Waals surface area contributed by atoms with Crippen molar-refractivity contribution in [3.63, 3.8) is 0 Å². The van der Waals surface area contributed by atoms with Crippen LogP contribution in [0, 0.1) is 6.92 Å². The molecule has 0 unspecified atom stereocenters. The highest BCUT2D eigenvalue weighted by atomic mass is 32.2. The summed E-state index contributed by atoms with van der Waals surface area (Å²) in [5.74, 6) is -0.142. The van der Waals surface area contributed by atoms with Crippen LogP contribution in [0.5, 0.6) is 0 Å². The Bertz CT molecular complexity index is 920. The van der Waals surface area contributed by atoms with Crippen LogP contribution in [0.4, 0.5) is 5.69 Å². The molecule has 2 aromatic rings. The van der Waals surface area contributed by atoms with E-state index < -0.39 is 10.0 Å². The normalized spacial score (nSPS) is 14.7. The average Bonchev–Trinajstić information content (AvgIpc) is 2.57. The predicted octanol–water partition coefficient (Wildman–Crippen LogP) is 2.94. The zero-order valence-corrected chi connectivity index (χ0v) is 14.8. The number of nitrogens with one attached hydrogen (secondary N) is 1. The molecule has 0 bridgehead atoms. The highest BCUT2D eigenvalue weighted by molar-refractivity contribution is 7.93. The molecule has 0 fully saturated rings. The second kappa shape index (κ2) is 5.94. The number of sulfonamides is 1. The van der Waals surface area contributed by atoms with E-state index in [9.17, 15) is 13.2 Å². The summed E-state index contributed by atoms with van der Waals surface area (Å²) in [5, 5.41) is 2.86. The number of anilines is 1. The van der Waals surface area contributed by atoms with E-state index in [2.05, 4.69) is 5.32 Å². The highest BCUT2D eigenvalue weighted by Gasteiger charge is 2.33. The summed E-state index contributed by atoms with van der Waals surface area (Å²) in [6.07, 6.45) is 0.861. The molecule has 6 heteroatoms. The number of hydrogen-bond donors (Lipinski definition) is 1. The molecule has 2 aromatic carbocycles. The van der Waals surface area contributed by atoms with Crippen LogP contribution in [0.1, 0.15) is 29.3 Å². The molecule has 0 aromatic heterocycles. The molecule has 0 saturated carbocycles. The first-order valence-electron chi connectivity index (χ1n) is 7.89. The summed E-state index contributed by atoms with van der Waals surface area (Å²) in [6, 6.07) is 10.4. The minimum Gasteiger partial charge on any atom is -0.352 e. The molecular formula is C18H20N2O3S. The van der Waals surface area contributed by atoms with Crippen molar-refractivity contribution in [1.82, 2.24) is 5.32 Å². The van der Waals surface area contributed by atoms with Gasteiger partial charge in [-0.1, -0.05) is 25.1 Å². The molecule has 5 nitrogen and oxygen atoms in total. The van der Waals surface area contributed by atoms with Crippen molar-refractivity contribution in [2.45, 2.75) is 25.2 Å². The van der Waals surface area contributed by atoms with Gasteiger partial charge in [-0.2, -0.15) is 0 Å². The summed E-state index contributed by atoms with van der Waals surface area (Å²) in [6.45, 7) is 4.43. The SMILES string of the molecule is CCCNC(=O)c1cc(C)c2c(c1)-c1ccccc1S(=O)(=O)N2C. The van der Waals surface area contributed by atoms with Crippen LogP contribution in [-0.2, 0) is 10.0 Å². The number of hydrogen-bond acceptors (Lipinski definition) is 3. The van der Waals surface area contributed by atoms with Gasteiger partial charge in [0.25, 0.3) is 15.9 Å². The van der Waals surface area contributed by atoms with E-state index in [-0.39, 0.29) is 10.8 Å². The van der Waals surface area contributed by atoms with Crippen molar-refractivity contribution in [1.29, 1.82) is 0 Å². The molecule has 24 heavy (non-hydrogen) atoms. The Labute approximate surface area is 142 Å². The smallest absolute Gasteiger partial charge is 0.264 e. The number of benzene rings is 2. The number of amides is 1.